The highest BCUT2D eigenvalue weighted by atomic mass is 32.1. The highest BCUT2D eigenvalue weighted by molar-refractivity contribution is 7.13. The van der Waals surface area contributed by atoms with Gasteiger partial charge < -0.3 is 15.0 Å². The van der Waals surface area contributed by atoms with Gasteiger partial charge >= 0.3 is 0 Å². The number of carbonyl (C=O) groups is 1. The third kappa shape index (κ3) is 5.26. The van der Waals surface area contributed by atoms with Gasteiger partial charge in [-0.15, -0.1) is 11.3 Å². The Morgan fingerprint density at radius 1 is 1.63 bits per heavy atom. The maximum absolute atomic E-state index is 11.7. The molecule has 0 aliphatic carbocycles. The molecule has 0 radical (unpaired) electrons. The molecule has 1 aromatic rings. The van der Waals surface area contributed by atoms with Crippen LogP contribution >= 0.6 is 11.3 Å². The lowest BCUT2D eigenvalue weighted by Gasteiger charge is -2.27. The maximum atomic E-state index is 11.7. The van der Waals surface area contributed by atoms with Crippen molar-refractivity contribution in [1.82, 2.24) is 9.88 Å². The average molecular weight is 283 g/mol. The maximum Gasteiger partial charge on any atom is 0.227 e. The van der Waals surface area contributed by atoms with Gasteiger partial charge in [0.25, 0.3) is 0 Å². The first-order chi connectivity index (χ1) is 9.24. The summed E-state index contributed by atoms with van der Waals surface area (Å²) in [5.41, 5.74) is 0. The third-order valence-corrected chi connectivity index (χ3v) is 3.88. The highest BCUT2D eigenvalue weighted by Gasteiger charge is 2.16. The number of hydrogen-bond acceptors (Lipinski definition) is 5. The minimum Gasteiger partial charge on any atom is -0.377 e. The Balaban J connectivity index is 1.62. The number of aromatic nitrogens is 1. The topological polar surface area (TPSA) is 54.5 Å². The number of hydrogen-bond donors (Lipinski definition) is 1. The van der Waals surface area contributed by atoms with E-state index < -0.39 is 0 Å². The number of ether oxygens (including phenoxy) is 1. The van der Waals surface area contributed by atoms with E-state index in [0.717, 1.165) is 26.1 Å². The molecule has 0 bridgehead atoms. The number of rotatable bonds is 6. The van der Waals surface area contributed by atoms with E-state index in [4.69, 9.17) is 4.74 Å². The standard InChI is InChI=1S/C13H21N3O2S/c1-16(10-11-4-2-3-8-18-11)7-5-12(17)15-13-14-6-9-19-13/h6,9,11H,2-5,7-8,10H2,1H3,(H,14,15,17)/t11-/m0/s1. The first kappa shape index (κ1) is 14.4. The third-order valence-electron chi connectivity index (χ3n) is 3.19. The smallest absolute Gasteiger partial charge is 0.227 e. The van der Waals surface area contributed by atoms with Crippen LogP contribution in [0.15, 0.2) is 11.6 Å². The molecule has 6 heteroatoms. The summed E-state index contributed by atoms with van der Waals surface area (Å²) >= 11 is 1.44. The summed E-state index contributed by atoms with van der Waals surface area (Å²) in [5, 5.41) is 5.31. The van der Waals surface area contributed by atoms with E-state index in [9.17, 15) is 4.79 Å². The van der Waals surface area contributed by atoms with Gasteiger partial charge in [0, 0.05) is 37.7 Å². The Kier molecular flexibility index (Phi) is 5.75. The van der Waals surface area contributed by atoms with Crippen molar-refractivity contribution in [3.8, 4) is 0 Å². The normalized spacial score (nSPS) is 19.6. The molecular weight excluding hydrogens is 262 g/mol. The largest absolute Gasteiger partial charge is 0.377 e. The average Bonchev–Trinajstić information content (AvgIpc) is 2.90. The summed E-state index contributed by atoms with van der Waals surface area (Å²) in [5.74, 6) is 0.0198. The molecule has 1 aliphatic rings. The van der Waals surface area contributed by atoms with Crippen molar-refractivity contribution in [2.75, 3.05) is 32.1 Å². The first-order valence-electron chi connectivity index (χ1n) is 6.73. The van der Waals surface area contributed by atoms with Crippen molar-refractivity contribution in [2.45, 2.75) is 31.8 Å². The van der Waals surface area contributed by atoms with Crippen LogP contribution in [0.4, 0.5) is 5.13 Å². The highest BCUT2D eigenvalue weighted by Crippen LogP contribution is 2.14. The minimum atomic E-state index is 0.0198. The van der Waals surface area contributed by atoms with Crippen molar-refractivity contribution in [3.05, 3.63) is 11.6 Å². The Bertz CT molecular complexity index is 377. The molecule has 1 amide bonds. The molecular formula is C13H21N3O2S. The Labute approximate surface area is 118 Å². The lowest BCUT2D eigenvalue weighted by Crippen LogP contribution is -2.35. The van der Waals surface area contributed by atoms with Crippen LogP contribution in [0, 0.1) is 0 Å². The second-order valence-corrected chi connectivity index (χ2v) is 5.78. The van der Waals surface area contributed by atoms with Crippen LogP contribution in [-0.4, -0.2) is 48.6 Å². The fraction of sp³-hybridized carbons (Fsp3) is 0.692. The van der Waals surface area contributed by atoms with Crippen LogP contribution < -0.4 is 5.32 Å². The summed E-state index contributed by atoms with van der Waals surface area (Å²) in [7, 11) is 2.04. The van der Waals surface area contributed by atoms with Crippen LogP contribution in [0.5, 0.6) is 0 Å². The minimum absolute atomic E-state index is 0.0198. The lowest BCUT2D eigenvalue weighted by atomic mass is 10.1. The van der Waals surface area contributed by atoms with Gasteiger partial charge in [0.1, 0.15) is 0 Å². The van der Waals surface area contributed by atoms with E-state index in [1.165, 1.54) is 24.2 Å². The molecule has 5 nitrogen and oxygen atoms in total. The van der Waals surface area contributed by atoms with Crippen LogP contribution in [0.25, 0.3) is 0 Å². The summed E-state index contributed by atoms with van der Waals surface area (Å²) < 4.78 is 5.69. The summed E-state index contributed by atoms with van der Waals surface area (Å²) in [4.78, 5) is 17.9. The number of anilines is 1. The fourth-order valence-electron chi connectivity index (χ4n) is 2.15. The van der Waals surface area contributed by atoms with Crippen molar-refractivity contribution in [2.24, 2.45) is 0 Å². The van der Waals surface area contributed by atoms with Gasteiger partial charge in [-0.25, -0.2) is 4.98 Å². The zero-order valence-corrected chi connectivity index (χ0v) is 12.1. The van der Waals surface area contributed by atoms with Gasteiger partial charge in [-0.3, -0.25) is 4.79 Å². The lowest BCUT2D eigenvalue weighted by molar-refractivity contribution is -0.116. The molecule has 106 valence electrons. The zero-order valence-electron chi connectivity index (χ0n) is 11.3. The molecule has 2 heterocycles. The van der Waals surface area contributed by atoms with E-state index in [1.54, 1.807) is 6.20 Å². The second kappa shape index (κ2) is 7.57. The van der Waals surface area contributed by atoms with Crippen molar-refractivity contribution in [3.63, 3.8) is 0 Å². The molecule has 0 aromatic carbocycles. The quantitative estimate of drug-likeness (QED) is 0.867. The van der Waals surface area contributed by atoms with Crippen LogP contribution in [0.3, 0.4) is 0 Å². The fourth-order valence-corrected chi connectivity index (χ4v) is 2.69. The van der Waals surface area contributed by atoms with Gasteiger partial charge in [-0.2, -0.15) is 0 Å². The number of carbonyl (C=O) groups excluding carboxylic acids is 1. The molecule has 19 heavy (non-hydrogen) atoms. The zero-order chi connectivity index (χ0) is 13.5. The van der Waals surface area contributed by atoms with Crippen LogP contribution in [0.1, 0.15) is 25.7 Å². The van der Waals surface area contributed by atoms with Crippen molar-refractivity contribution < 1.29 is 9.53 Å². The Morgan fingerprint density at radius 3 is 3.21 bits per heavy atom. The van der Waals surface area contributed by atoms with Gasteiger partial charge in [-0.1, -0.05) is 0 Å². The molecule has 1 N–H and O–H groups in total. The second-order valence-electron chi connectivity index (χ2n) is 4.89. The van der Waals surface area contributed by atoms with Crippen LogP contribution in [-0.2, 0) is 9.53 Å². The van der Waals surface area contributed by atoms with Gasteiger partial charge in [0.05, 0.1) is 6.10 Å². The molecule has 1 atom stereocenters. The predicted octanol–water partition coefficient (Wildman–Crippen LogP) is 1.97. The number of nitrogens with one attached hydrogen (secondary N) is 1. The number of thiazole rings is 1. The van der Waals surface area contributed by atoms with Gasteiger partial charge in [0.2, 0.25) is 5.91 Å². The van der Waals surface area contributed by atoms with E-state index in [0.29, 0.717) is 17.7 Å². The molecule has 1 saturated heterocycles. The molecule has 0 saturated carbocycles. The monoisotopic (exact) mass is 283 g/mol. The van der Waals surface area contributed by atoms with E-state index in [2.05, 4.69) is 15.2 Å². The van der Waals surface area contributed by atoms with Gasteiger partial charge in [-0.05, 0) is 26.3 Å². The van der Waals surface area contributed by atoms with Gasteiger partial charge in [0.15, 0.2) is 5.13 Å². The SMILES string of the molecule is CN(CCC(=O)Nc1nccs1)C[C@@H]1CCCCO1. The summed E-state index contributed by atoms with van der Waals surface area (Å²) in [6, 6.07) is 0. The van der Waals surface area contributed by atoms with Crippen molar-refractivity contribution >= 4 is 22.4 Å². The molecule has 2 rings (SSSR count). The predicted molar refractivity (Wildman–Crippen MR) is 76.4 cm³/mol. The Hall–Kier alpha value is -0.980. The molecule has 0 unspecified atom stereocenters. The van der Waals surface area contributed by atoms with E-state index in [-0.39, 0.29) is 5.91 Å². The van der Waals surface area contributed by atoms with Crippen molar-refractivity contribution in [1.29, 1.82) is 0 Å². The molecule has 1 aliphatic heterocycles. The molecule has 1 aromatic heterocycles. The van der Waals surface area contributed by atoms with E-state index in [1.807, 2.05) is 12.4 Å². The number of likely N-dealkylation sites (N-methyl/N-ethyl adjacent to an activating group) is 1. The first-order valence-corrected chi connectivity index (χ1v) is 7.61. The van der Waals surface area contributed by atoms with E-state index >= 15 is 0 Å². The molecule has 0 spiro atoms. The number of amides is 1. The van der Waals surface area contributed by atoms with Crippen LogP contribution in [0.2, 0.25) is 0 Å². The molecule has 1 fully saturated rings. The summed E-state index contributed by atoms with van der Waals surface area (Å²) in [6.07, 6.45) is 6.07. The Morgan fingerprint density at radius 2 is 2.53 bits per heavy atom. The summed E-state index contributed by atoms with van der Waals surface area (Å²) in [6.45, 7) is 2.53. The number of nitrogens with zero attached hydrogens (tertiary/aromatic N) is 2.